The van der Waals surface area contributed by atoms with E-state index in [1.54, 1.807) is 42.5 Å². The van der Waals surface area contributed by atoms with Crippen LogP contribution in [0.4, 0.5) is 11.4 Å². The third-order valence-corrected chi connectivity index (χ3v) is 4.88. The number of carbonyl (C=O) groups is 2. The second-order valence-corrected chi connectivity index (χ2v) is 7.09. The van der Waals surface area contributed by atoms with Gasteiger partial charge in [0.1, 0.15) is 11.5 Å². The third kappa shape index (κ3) is 5.99. The van der Waals surface area contributed by atoms with Crippen LogP contribution in [0.1, 0.15) is 22.8 Å². The molecule has 0 spiro atoms. The second-order valence-electron chi connectivity index (χ2n) is 6.68. The van der Waals surface area contributed by atoms with Gasteiger partial charge in [0.2, 0.25) is 0 Å². The number of aryl methyl sites for hydroxylation is 1. The Morgan fingerprint density at radius 2 is 1.71 bits per heavy atom. The maximum Gasteiger partial charge on any atom is 0.262 e. The molecule has 0 aliphatic rings. The van der Waals surface area contributed by atoms with E-state index < -0.39 is 0 Å². The van der Waals surface area contributed by atoms with Crippen LogP contribution in [0, 0.1) is 0 Å². The molecule has 0 radical (unpaired) electrons. The summed E-state index contributed by atoms with van der Waals surface area (Å²) >= 11 is 6.08. The molecule has 0 aromatic heterocycles. The van der Waals surface area contributed by atoms with E-state index in [1.165, 1.54) is 12.7 Å². The fraction of sp³-hybridized carbons (Fsp3) is 0.167. The summed E-state index contributed by atoms with van der Waals surface area (Å²) in [5.41, 5.74) is 2.53. The smallest absolute Gasteiger partial charge is 0.262 e. The minimum Gasteiger partial charge on any atom is -0.494 e. The SMILES string of the molecule is CCc1ccc(OCC(=O)Nc2ccc(NC(=O)c3ccccc3Cl)c(OC)c2)cc1. The number of halogens is 1. The summed E-state index contributed by atoms with van der Waals surface area (Å²) in [6.07, 6.45) is 0.942. The molecule has 0 saturated heterocycles. The van der Waals surface area contributed by atoms with Crippen LogP contribution in [0.5, 0.6) is 11.5 Å². The molecule has 3 aromatic carbocycles. The quantitative estimate of drug-likeness (QED) is 0.508. The Morgan fingerprint density at radius 1 is 0.968 bits per heavy atom. The van der Waals surface area contributed by atoms with Crippen LogP contribution in [0.3, 0.4) is 0 Å². The van der Waals surface area contributed by atoms with Crippen LogP contribution >= 0.6 is 11.6 Å². The first kappa shape index (κ1) is 22.2. The summed E-state index contributed by atoms with van der Waals surface area (Å²) in [5.74, 6) is 0.356. The van der Waals surface area contributed by atoms with Gasteiger partial charge in [0.15, 0.2) is 6.61 Å². The summed E-state index contributed by atoms with van der Waals surface area (Å²) in [5, 5.41) is 5.88. The Labute approximate surface area is 186 Å². The topological polar surface area (TPSA) is 76.7 Å². The molecule has 3 aromatic rings. The maximum atomic E-state index is 12.5. The van der Waals surface area contributed by atoms with Gasteiger partial charge in [-0.25, -0.2) is 0 Å². The van der Waals surface area contributed by atoms with E-state index in [1.807, 2.05) is 24.3 Å². The number of nitrogens with one attached hydrogen (secondary N) is 2. The van der Waals surface area contributed by atoms with Crippen molar-refractivity contribution in [1.29, 1.82) is 0 Å². The first-order valence-corrected chi connectivity index (χ1v) is 10.1. The van der Waals surface area contributed by atoms with E-state index in [0.29, 0.717) is 33.5 Å². The lowest BCUT2D eigenvalue weighted by Gasteiger charge is -2.13. The molecule has 6 nitrogen and oxygen atoms in total. The summed E-state index contributed by atoms with van der Waals surface area (Å²) in [6.45, 7) is 1.95. The Balaban J connectivity index is 1.61. The number of ether oxygens (including phenoxy) is 2. The Hall–Kier alpha value is -3.51. The lowest BCUT2D eigenvalue weighted by molar-refractivity contribution is -0.118. The molecule has 0 fully saturated rings. The minimum absolute atomic E-state index is 0.126. The van der Waals surface area contributed by atoms with Gasteiger partial charge in [0.05, 0.1) is 23.4 Å². The highest BCUT2D eigenvalue weighted by atomic mass is 35.5. The number of carbonyl (C=O) groups excluding carboxylic acids is 2. The fourth-order valence-corrected chi connectivity index (χ4v) is 3.10. The first-order valence-electron chi connectivity index (χ1n) is 9.75. The van der Waals surface area contributed by atoms with E-state index in [2.05, 4.69) is 17.6 Å². The number of anilines is 2. The Kier molecular flexibility index (Phi) is 7.51. The van der Waals surface area contributed by atoms with E-state index >= 15 is 0 Å². The average Bonchev–Trinajstić information content (AvgIpc) is 2.79. The van der Waals surface area contributed by atoms with E-state index in [-0.39, 0.29) is 18.4 Å². The molecular formula is C24H23ClN2O4. The number of hydrogen-bond donors (Lipinski definition) is 2. The molecule has 2 amide bonds. The zero-order valence-corrected chi connectivity index (χ0v) is 18.0. The van der Waals surface area contributed by atoms with Crippen molar-refractivity contribution < 1.29 is 19.1 Å². The van der Waals surface area contributed by atoms with Gasteiger partial charge in [0, 0.05) is 11.8 Å². The lowest BCUT2D eigenvalue weighted by Crippen LogP contribution is -2.20. The highest BCUT2D eigenvalue weighted by molar-refractivity contribution is 6.34. The number of hydrogen-bond acceptors (Lipinski definition) is 4. The molecule has 0 atom stereocenters. The summed E-state index contributed by atoms with van der Waals surface area (Å²) in [4.78, 5) is 24.7. The monoisotopic (exact) mass is 438 g/mol. The van der Waals surface area contributed by atoms with Gasteiger partial charge in [-0.1, -0.05) is 42.8 Å². The van der Waals surface area contributed by atoms with Gasteiger partial charge < -0.3 is 20.1 Å². The molecule has 160 valence electrons. The van der Waals surface area contributed by atoms with Gasteiger partial charge in [-0.15, -0.1) is 0 Å². The molecule has 2 N–H and O–H groups in total. The summed E-state index contributed by atoms with van der Waals surface area (Å²) in [7, 11) is 1.48. The molecule has 31 heavy (non-hydrogen) atoms. The number of benzene rings is 3. The van der Waals surface area contributed by atoms with Gasteiger partial charge in [0.25, 0.3) is 11.8 Å². The number of amides is 2. The maximum absolute atomic E-state index is 12.5. The zero-order valence-electron chi connectivity index (χ0n) is 17.3. The molecule has 0 unspecified atom stereocenters. The van der Waals surface area contributed by atoms with Crippen LogP contribution < -0.4 is 20.1 Å². The van der Waals surface area contributed by atoms with Crippen LogP contribution in [0.2, 0.25) is 5.02 Å². The van der Waals surface area contributed by atoms with Crippen LogP contribution in [-0.2, 0) is 11.2 Å². The molecule has 0 aliphatic heterocycles. The minimum atomic E-state index is -0.358. The zero-order chi connectivity index (χ0) is 22.2. The molecule has 0 bridgehead atoms. The van der Waals surface area contributed by atoms with E-state index in [9.17, 15) is 9.59 Å². The molecule has 0 aliphatic carbocycles. The van der Waals surface area contributed by atoms with Crippen molar-refractivity contribution in [3.8, 4) is 11.5 Å². The highest BCUT2D eigenvalue weighted by Crippen LogP contribution is 2.29. The summed E-state index contributed by atoms with van der Waals surface area (Å²) in [6, 6.07) is 19.3. The molecule has 7 heteroatoms. The van der Waals surface area contributed by atoms with Crippen LogP contribution in [-0.4, -0.2) is 25.5 Å². The normalized spacial score (nSPS) is 10.3. The van der Waals surface area contributed by atoms with Crippen molar-refractivity contribution >= 4 is 34.8 Å². The van der Waals surface area contributed by atoms with Gasteiger partial charge in [-0.2, -0.15) is 0 Å². The van der Waals surface area contributed by atoms with Crippen molar-refractivity contribution in [1.82, 2.24) is 0 Å². The molecular weight excluding hydrogens is 416 g/mol. The predicted molar refractivity (Wildman–Crippen MR) is 122 cm³/mol. The van der Waals surface area contributed by atoms with Crippen molar-refractivity contribution in [2.24, 2.45) is 0 Å². The van der Waals surface area contributed by atoms with Crippen molar-refractivity contribution in [2.75, 3.05) is 24.4 Å². The first-order chi connectivity index (χ1) is 15.0. The van der Waals surface area contributed by atoms with E-state index in [0.717, 1.165) is 6.42 Å². The van der Waals surface area contributed by atoms with Crippen molar-refractivity contribution in [3.05, 3.63) is 82.9 Å². The van der Waals surface area contributed by atoms with E-state index in [4.69, 9.17) is 21.1 Å². The van der Waals surface area contributed by atoms with Crippen molar-refractivity contribution in [3.63, 3.8) is 0 Å². The fourth-order valence-electron chi connectivity index (χ4n) is 2.87. The van der Waals surface area contributed by atoms with Crippen LogP contribution in [0.15, 0.2) is 66.7 Å². The second kappa shape index (κ2) is 10.5. The van der Waals surface area contributed by atoms with Crippen LogP contribution in [0.25, 0.3) is 0 Å². The highest BCUT2D eigenvalue weighted by Gasteiger charge is 2.14. The molecule has 3 rings (SSSR count). The summed E-state index contributed by atoms with van der Waals surface area (Å²) < 4.78 is 10.9. The van der Waals surface area contributed by atoms with Crippen molar-refractivity contribution in [2.45, 2.75) is 13.3 Å². The third-order valence-electron chi connectivity index (χ3n) is 4.55. The van der Waals surface area contributed by atoms with Gasteiger partial charge in [-0.3, -0.25) is 9.59 Å². The van der Waals surface area contributed by atoms with Gasteiger partial charge >= 0.3 is 0 Å². The predicted octanol–water partition coefficient (Wildman–Crippen LogP) is 5.18. The standard InChI is InChI=1S/C24H23ClN2O4/c1-3-16-8-11-18(12-9-16)31-15-23(28)26-17-10-13-21(22(14-17)30-2)27-24(29)19-6-4-5-7-20(19)25/h4-14H,3,15H2,1-2H3,(H,26,28)(H,27,29). The Bertz CT molecular complexity index is 1070. The largest absolute Gasteiger partial charge is 0.494 e. The Morgan fingerprint density at radius 3 is 2.39 bits per heavy atom. The van der Waals surface area contributed by atoms with Gasteiger partial charge in [-0.05, 0) is 48.4 Å². The molecule has 0 heterocycles. The number of methoxy groups -OCH3 is 1. The number of rotatable bonds is 8. The lowest BCUT2D eigenvalue weighted by atomic mass is 10.2. The average molecular weight is 439 g/mol. The molecule has 0 saturated carbocycles.